The predicted octanol–water partition coefficient (Wildman–Crippen LogP) is 3.18. The van der Waals surface area contributed by atoms with E-state index in [1.54, 1.807) is 0 Å². The van der Waals surface area contributed by atoms with Gasteiger partial charge in [-0.05, 0) is 63.6 Å². The highest BCUT2D eigenvalue weighted by atomic mass is 16.3. The summed E-state index contributed by atoms with van der Waals surface area (Å²) in [6, 6.07) is 4.77. The van der Waals surface area contributed by atoms with Crippen molar-refractivity contribution in [3.63, 3.8) is 0 Å². The van der Waals surface area contributed by atoms with E-state index in [1.165, 1.54) is 22.3 Å². The van der Waals surface area contributed by atoms with Gasteiger partial charge in [0, 0.05) is 12.6 Å². The Morgan fingerprint density at radius 3 is 2.22 bits per heavy atom. The fraction of sp³-hybridized carbons (Fsp3) is 0.625. The second-order valence-electron chi connectivity index (χ2n) is 5.99. The molecule has 0 aliphatic heterocycles. The van der Waals surface area contributed by atoms with E-state index in [9.17, 15) is 5.11 Å². The summed E-state index contributed by atoms with van der Waals surface area (Å²) in [6.07, 6.45) is 3.05. The van der Waals surface area contributed by atoms with Crippen LogP contribution in [0.15, 0.2) is 12.1 Å². The van der Waals surface area contributed by atoms with E-state index in [4.69, 9.17) is 0 Å². The second kappa shape index (κ2) is 5.02. The summed E-state index contributed by atoms with van der Waals surface area (Å²) in [5.74, 6) is 0. The molecule has 0 amide bonds. The van der Waals surface area contributed by atoms with Crippen molar-refractivity contribution in [3.8, 4) is 0 Å². The Bertz CT molecular complexity index is 412. The lowest BCUT2D eigenvalue weighted by atomic mass is 9.80. The van der Waals surface area contributed by atoms with Crippen LogP contribution in [0, 0.1) is 20.8 Å². The van der Waals surface area contributed by atoms with Crippen LogP contribution in [0.4, 0.5) is 0 Å². The molecule has 2 rings (SSSR count). The molecular formula is C16H25NO. The lowest BCUT2D eigenvalue weighted by molar-refractivity contribution is -0.0329. The summed E-state index contributed by atoms with van der Waals surface area (Å²) in [4.78, 5) is 0. The van der Waals surface area contributed by atoms with Crippen LogP contribution in [0.5, 0.6) is 0 Å². The van der Waals surface area contributed by atoms with Crippen molar-refractivity contribution < 1.29 is 5.11 Å². The topological polar surface area (TPSA) is 32.3 Å². The number of aryl methyl sites for hydroxylation is 3. The van der Waals surface area contributed by atoms with Gasteiger partial charge < -0.3 is 10.4 Å². The predicted molar refractivity (Wildman–Crippen MR) is 75.9 cm³/mol. The molecule has 2 nitrogen and oxygen atoms in total. The van der Waals surface area contributed by atoms with E-state index < -0.39 is 5.60 Å². The molecule has 1 fully saturated rings. The molecule has 0 heterocycles. The maximum Gasteiger partial charge on any atom is 0.0771 e. The molecule has 2 N–H and O–H groups in total. The van der Waals surface area contributed by atoms with Crippen LogP contribution >= 0.6 is 0 Å². The molecule has 0 radical (unpaired) electrons. The third-order valence-corrected chi connectivity index (χ3v) is 4.19. The zero-order valence-corrected chi connectivity index (χ0v) is 12.0. The lowest BCUT2D eigenvalue weighted by Crippen LogP contribution is -2.46. The summed E-state index contributed by atoms with van der Waals surface area (Å²) < 4.78 is 0. The number of aliphatic hydroxyl groups is 1. The fourth-order valence-corrected chi connectivity index (χ4v) is 3.08. The third-order valence-electron chi connectivity index (χ3n) is 4.19. The van der Waals surface area contributed by atoms with Crippen molar-refractivity contribution in [1.82, 2.24) is 5.32 Å². The van der Waals surface area contributed by atoms with Crippen LogP contribution in [0.3, 0.4) is 0 Å². The highest BCUT2D eigenvalue weighted by molar-refractivity contribution is 5.39. The second-order valence-corrected chi connectivity index (χ2v) is 5.99. The maximum atomic E-state index is 10.1. The smallest absolute Gasteiger partial charge is 0.0771 e. The summed E-state index contributed by atoms with van der Waals surface area (Å²) in [5, 5.41) is 13.6. The van der Waals surface area contributed by atoms with Crippen LogP contribution in [-0.2, 0) is 0 Å². The summed E-state index contributed by atoms with van der Waals surface area (Å²) in [7, 11) is 0. The molecule has 0 bridgehead atoms. The molecule has 1 aromatic carbocycles. The van der Waals surface area contributed by atoms with Crippen molar-refractivity contribution in [3.05, 3.63) is 34.4 Å². The van der Waals surface area contributed by atoms with Crippen molar-refractivity contribution in [2.75, 3.05) is 6.54 Å². The molecule has 18 heavy (non-hydrogen) atoms. The Kier molecular flexibility index (Phi) is 3.79. The minimum Gasteiger partial charge on any atom is -0.389 e. The van der Waals surface area contributed by atoms with Crippen LogP contribution in [-0.4, -0.2) is 17.3 Å². The number of rotatable bonds is 4. The average molecular weight is 247 g/mol. The van der Waals surface area contributed by atoms with Gasteiger partial charge >= 0.3 is 0 Å². The van der Waals surface area contributed by atoms with Crippen molar-refractivity contribution in [2.24, 2.45) is 0 Å². The Morgan fingerprint density at radius 2 is 1.78 bits per heavy atom. The van der Waals surface area contributed by atoms with Gasteiger partial charge in [0.05, 0.1) is 5.60 Å². The Balaban J connectivity index is 2.06. The van der Waals surface area contributed by atoms with Gasteiger partial charge in [-0.25, -0.2) is 0 Å². The van der Waals surface area contributed by atoms with Crippen LogP contribution in [0.25, 0.3) is 0 Å². The van der Waals surface area contributed by atoms with Gasteiger partial charge in [0.25, 0.3) is 0 Å². The minimum atomic E-state index is -0.444. The maximum absolute atomic E-state index is 10.1. The Hall–Kier alpha value is -0.860. The molecule has 1 saturated carbocycles. The van der Waals surface area contributed by atoms with E-state index >= 15 is 0 Å². The summed E-state index contributed by atoms with van der Waals surface area (Å²) in [5.41, 5.74) is 4.93. The molecule has 1 atom stereocenters. The number of hydrogen-bond acceptors (Lipinski definition) is 2. The quantitative estimate of drug-likeness (QED) is 0.856. The van der Waals surface area contributed by atoms with Gasteiger partial charge in [-0.3, -0.25) is 0 Å². The highest BCUT2D eigenvalue weighted by Gasteiger charge is 2.34. The Morgan fingerprint density at radius 1 is 1.22 bits per heavy atom. The van der Waals surface area contributed by atoms with Crippen LogP contribution in [0.1, 0.15) is 54.5 Å². The minimum absolute atomic E-state index is 0.301. The monoisotopic (exact) mass is 247 g/mol. The molecule has 1 aliphatic carbocycles. The summed E-state index contributed by atoms with van der Waals surface area (Å²) >= 11 is 0. The van der Waals surface area contributed by atoms with Crippen LogP contribution < -0.4 is 5.32 Å². The normalized spacial score (nSPS) is 19.4. The molecule has 1 unspecified atom stereocenters. The largest absolute Gasteiger partial charge is 0.389 e. The van der Waals surface area contributed by atoms with Gasteiger partial charge in [-0.2, -0.15) is 0 Å². The SMILES string of the molecule is Cc1cc(C)c(C(C)NCC2(O)CCC2)c(C)c1. The van der Waals surface area contributed by atoms with E-state index in [-0.39, 0.29) is 0 Å². The van der Waals surface area contributed by atoms with Gasteiger partial charge in [0.1, 0.15) is 0 Å². The third kappa shape index (κ3) is 2.76. The molecule has 100 valence electrons. The van der Waals surface area contributed by atoms with E-state index in [0.717, 1.165) is 19.3 Å². The van der Waals surface area contributed by atoms with E-state index in [0.29, 0.717) is 12.6 Å². The Labute approximate surface area is 110 Å². The summed E-state index contributed by atoms with van der Waals surface area (Å²) in [6.45, 7) is 9.38. The molecule has 2 heteroatoms. The number of hydrogen-bond donors (Lipinski definition) is 2. The average Bonchev–Trinajstić information content (AvgIpc) is 2.22. The van der Waals surface area contributed by atoms with Crippen molar-refractivity contribution >= 4 is 0 Å². The zero-order chi connectivity index (χ0) is 13.3. The first-order valence-electron chi connectivity index (χ1n) is 6.95. The van der Waals surface area contributed by atoms with Gasteiger partial charge in [-0.15, -0.1) is 0 Å². The molecule has 1 aliphatic rings. The van der Waals surface area contributed by atoms with Crippen molar-refractivity contribution in [2.45, 2.75) is 58.6 Å². The van der Waals surface area contributed by atoms with Gasteiger partial charge in [-0.1, -0.05) is 17.7 Å². The van der Waals surface area contributed by atoms with Crippen molar-refractivity contribution in [1.29, 1.82) is 0 Å². The highest BCUT2D eigenvalue weighted by Crippen LogP contribution is 2.32. The van der Waals surface area contributed by atoms with E-state index in [1.807, 2.05) is 0 Å². The first-order valence-corrected chi connectivity index (χ1v) is 6.95. The molecule has 0 aromatic heterocycles. The molecular weight excluding hydrogens is 222 g/mol. The van der Waals surface area contributed by atoms with Gasteiger partial charge in [0.2, 0.25) is 0 Å². The molecule has 0 spiro atoms. The molecule has 0 saturated heterocycles. The standard InChI is InChI=1S/C16H25NO/c1-11-8-12(2)15(13(3)9-11)14(4)17-10-16(18)6-5-7-16/h8-9,14,17-18H,5-7,10H2,1-4H3. The number of nitrogens with one attached hydrogen (secondary N) is 1. The van der Waals surface area contributed by atoms with E-state index in [2.05, 4.69) is 45.1 Å². The lowest BCUT2D eigenvalue weighted by Gasteiger charge is -2.38. The number of benzene rings is 1. The first kappa shape index (κ1) is 13.6. The zero-order valence-electron chi connectivity index (χ0n) is 12.0. The fourth-order valence-electron chi connectivity index (χ4n) is 3.08. The molecule has 1 aromatic rings. The van der Waals surface area contributed by atoms with Crippen LogP contribution in [0.2, 0.25) is 0 Å². The first-order chi connectivity index (χ1) is 8.41. The van der Waals surface area contributed by atoms with Gasteiger partial charge in [0.15, 0.2) is 0 Å².